The molecule has 21 heavy (non-hydrogen) atoms. The first kappa shape index (κ1) is 15.6. The number of hydrogen-bond donors (Lipinski definition) is 1. The summed E-state index contributed by atoms with van der Waals surface area (Å²) in [6.07, 6.45) is 2.73. The number of ether oxygens (including phenoxy) is 1. The normalized spacial score (nSPS) is 12.0. The lowest BCUT2D eigenvalue weighted by molar-refractivity contribution is 0.317. The van der Waals surface area contributed by atoms with E-state index in [9.17, 15) is 0 Å². The summed E-state index contributed by atoms with van der Waals surface area (Å²) in [6.45, 7) is 6.97. The summed E-state index contributed by atoms with van der Waals surface area (Å²) >= 11 is 6.15. The highest BCUT2D eigenvalue weighted by molar-refractivity contribution is 6.32. The molecule has 1 aromatic carbocycles. The van der Waals surface area contributed by atoms with Gasteiger partial charge in [-0.1, -0.05) is 30.7 Å². The van der Waals surface area contributed by atoms with Gasteiger partial charge in [-0.2, -0.15) is 0 Å². The maximum absolute atomic E-state index is 6.15. The van der Waals surface area contributed by atoms with Crippen LogP contribution in [0, 0.1) is 6.92 Å². The van der Waals surface area contributed by atoms with Crippen LogP contribution < -0.4 is 10.1 Å². The van der Waals surface area contributed by atoms with Crippen LogP contribution in [0.15, 0.2) is 36.5 Å². The molecule has 0 radical (unpaired) electrons. The van der Waals surface area contributed by atoms with Gasteiger partial charge in [0.1, 0.15) is 5.75 Å². The number of aromatic nitrogens is 1. The molecule has 1 heterocycles. The van der Waals surface area contributed by atoms with E-state index in [4.69, 9.17) is 16.3 Å². The number of anilines is 1. The van der Waals surface area contributed by atoms with Crippen molar-refractivity contribution >= 4 is 17.3 Å². The molecule has 0 fully saturated rings. The minimum atomic E-state index is 0.144. The molecule has 1 N–H and O–H groups in total. The third kappa shape index (κ3) is 4.11. The van der Waals surface area contributed by atoms with Crippen molar-refractivity contribution in [2.45, 2.75) is 33.2 Å². The number of benzene rings is 1. The predicted octanol–water partition coefficient (Wildman–Crippen LogP) is 5.01. The van der Waals surface area contributed by atoms with E-state index >= 15 is 0 Å². The minimum Gasteiger partial charge on any atom is -0.494 e. The van der Waals surface area contributed by atoms with Crippen LogP contribution in [0.4, 0.5) is 5.69 Å². The number of aryl methyl sites for hydroxylation is 1. The average molecular weight is 305 g/mol. The molecule has 0 amide bonds. The average Bonchev–Trinajstić information content (AvgIpc) is 2.49. The highest BCUT2D eigenvalue weighted by Crippen LogP contribution is 2.28. The molecule has 0 aliphatic carbocycles. The Hall–Kier alpha value is -1.74. The van der Waals surface area contributed by atoms with E-state index in [1.807, 2.05) is 25.1 Å². The van der Waals surface area contributed by atoms with Crippen molar-refractivity contribution in [3.63, 3.8) is 0 Å². The van der Waals surface area contributed by atoms with Gasteiger partial charge in [-0.05, 0) is 49.6 Å². The topological polar surface area (TPSA) is 34.1 Å². The van der Waals surface area contributed by atoms with Crippen LogP contribution in [0.1, 0.15) is 37.4 Å². The predicted molar refractivity (Wildman–Crippen MR) is 88.2 cm³/mol. The fourth-order valence-corrected chi connectivity index (χ4v) is 2.33. The molecule has 0 aliphatic heterocycles. The Morgan fingerprint density at radius 3 is 2.57 bits per heavy atom. The molecule has 0 aliphatic rings. The standard InChI is InChI=1S/C17H21ClN2O/c1-4-11-21-15-7-5-14(6-8-15)13(3)20-16-12(2)9-10-19-17(16)18/h5-10,13,20H,4,11H2,1-3H3. The summed E-state index contributed by atoms with van der Waals surface area (Å²) in [6, 6.07) is 10.2. The van der Waals surface area contributed by atoms with Crippen molar-refractivity contribution in [3.05, 3.63) is 52.8 Å². The van der Waals surface area contributed by atoms with Gasteiger partial charge < -0.3 is 10.1 Å². The van der Waals surface area contributed by atoms with E-state index in [1.54, 1.807) is 6.20 Å². The summed E-state index contributed by atoms with van der Waals surface area (Å²) in [4.78, 5) is 4.12. The highest BCUT2D eigenvalue weighted by Gasteiger charge is 2.10. The van der Waals surface area contributed by atoms with Gasteiger partial charge in [-0.3, -0.25) is 0 Å². The van der Waals surface area contributed by atoms with Gasteiger partial charge in [0.25, 0.3) is 0 Å². The molecule has 1 unspecified atom stereocenters. The van der Waals surface area contributed by atoms with Crippen LogP contribution in [0.3, 0.4) is 0 Å². The molecule has 4 heteroatoms. The third-order valence-corrected chi connectivity index (χ3v) is 3.61. The first-order valence-corrected chi connectivity index (χ1v) is 7.60. The summed E-state index contributed by atoms with van der Waals surface area (Å²) in [7, 11) is 0. The van der Waals surface area contributed by atoms with E-state index < -0.39 is 0 Å². The Bertz CT molecular complexity index is 564. The van der Waals surface area contributed by atoms with Crippen LogP contribution in [0.25, 0.3) is 0 Å². The zero-order valence-electron chi connectivity index (χ0n) is 12.7. The number of nitrogens with zero attached hydrogens (tertiary/aromatic N) is 1. The molecular formula is C17H21ClN2O. The zero-order chi connectivity index (χ0) is 15.2. The van der Waals surface area contributed by atoms with Gasteiger partial charge in [0.15, 0.2) is 5.15 Å². The molecule has 0 spiro atoms. The van der Waals surface area contributed by atoms with Gasteiger partial charge in [-0.25, -0.2) is 4.98 Å². The summed E-state index contributed by atoms with van der Waals surface area (Å²) in [5, 5.41) is 3.93. The van der Waals surface area contributed by atoms with Crippen molar-refractivity contribution in [2.24, 2.45) is 0 Å². The van der Waals surface area contributed by atoms with Crippen molar-refractivity contribution in [1.82, 2.24) is 4.98 Å². The number of halogens is 1. The molecule has 112 valence electrons. The van der Waals surface area contributed by atoms with Crippen LogP contribution in [0.2, 0.25) is 5.15 Å². The number of nitrogens with one attached hydrogen (secondary N) is 1. The molecule has 3 nitrogen and oxygen atoms in total. The Morgan fingerprint density at radius 2 is 1.95 bits per heavy atom. The van der Waals surface area contributed by atoms with Gasteiger partial charge in [-0.15, -0.1) is 0 Å². The maximum atomic E-state index is 6.15. The monoisotopic (exact) mass is 304 g/mol. The molecule has 2 rings (SSSR count). The molecule has 0 bridgehead atoms. The van der Waals surface area contributed by atoms with Crippen LogP contribution in [0.5, 0.6) is 5.75 Å². The number of rotatable bonds is 6. The minimum absolute atomic E-state index is 0.144. The maximum Gasteiger partial charge on any atom is 0.152 e. The van der Waals surface area contributed by atoms with Gasteiger partial charge in [0, 0.05) is 12.2 Å². The second kappa shape index (κ2) is 7.32. The molecule has 0 saturated heterocycles. The highest BCUT2D eigenvalue weighted by atomic mass is 35.5. The SMILES string of the molecule is CCCOc1ccc(C(C)Nc2c(C)ccnc2Cl)cc1. The van der Waals surface area contributed by atoms with E-state index in [0.29, 0.717) is 5.15 Å². The lowest BCUT2D eigenvalue weighted by Crippen LogP contribution is -2.08. The van der Waals surface area contributed by atoms with E-state index in [2.05, 4.69) is 36.3 Å². The van der Waals surface area contributed by atoms with E-state index in [0.717, 1.165) is 30.0 Å². The number of hydrogen-bond acceptors (Lipinski definition) is 3. The Kier molecular flexibility index (Phi) is 5.45. The molecule has 1 atom stereocenters. The first-order valence-electron chi connectivity index (χ1n) is 7.22. The van der Waals surface area contributed by atoms with Crippen molar-refractivity contribution in [1.29, 1.82) is 0 Å². The second-order valence-corrected chi connectivity index (χ2v) is 5.44. The lowest BCUT2D eigenvalue weighted by Gasteiger charge is -2.18. The Morgan fingerprint density at radius 1 is 1.24 bits per heavy atom. The van der Waals surface area contributed by atoms with Gasteiger partial charge >= 0.3 is 0 Å². The van der Waals surface area contributed by atoms with Crippen molar-refractivity contribution in [2.75, 3.05) is 11.9 Å². The van der Waals surface area contributed by atoms with Gasteiger partial charge in [0.05, 0.1) is 12.3 Å². The third-order valence-electron chi connectivity index (χ3n) is 3.33. The smallest absolute Gasteiger partial charge is 0.152 e. The summed E-state index contributed by atoms with van der Waals surface area (Å²) < 4.78 is 5.59. The quantitative estimate of drug-likeness (QED) is 0.762. The number of pyridine rings is 1. The van der Waals surface area contributed by atoms with Crippen LogP contribution in [-0.4, -0.2) is 11.6 Å². The second-order valence-electron chi connectivity index (χ2n) is 5.08. The summed E-state index contributed by atoms with van der Waals surface area (Å²) in [5.41, 5.74) is 3.15. The van der Waals surface area contributed by atoms with E-state index in [1.165, 1.54) is 5.56 Å². The Labute approximate surface area is 131 Å². The largest absolute Gasteiger partial charge is 0.494 e. The van der Waals surface area contributed by atoms with Crippen LogP contribution >= 0.6 is 11.6 Å². The molecule has 1 aromatic heterocycles. The molecule has 0 saturated carbocycles. The molecular weight excluding hydrogens is 284 g/mol. The van der Waals surface area contributed by atoms with Crippen molar-refractivity contribution in [3.8, 4) is 5.75 Å². The van der Waals surface area contributed by atoms with E-state index in [-0.39, 0.29) is 6.04 Å². The fraction of sp³-hybridized carbons (Fsp3) is 0.353. The van der Waals surface area contributed by atoms with Crippen LogP contribution in [-0.2, 0) is 0 Å². The van der Waals surface area contributed by atoms with Gasteiger partial charge in [0.2, 0.25) is 0 Å². The lowest BCUT2D eigenvalue weighted by atomic mass is 10.1. The first-order chi connectivity index (χ1) is 10.1. The Balaban J connectivity index is 2.08. The summed E-state index contributed by atoms with van der Waals surface area (Å²) in [5.74, 6) is 0.906. The fourth-order valence-electron chi connectivity index (χ4n) is 2.07. The molecule has 2 aromatic rings. The van der Waals surface area contributed by atoms with Crippen molar-refractivity contribution < 1.29 is 4.74 Å². The zero-order valence-corrected chi connectivity index (χ0v) is 13.4.